The third-order valence-corrected chi connectivity index (χ3v) is 4.97. The lowest BCUT2D eigenvalue weighted by Crippen LogP contribution is -2.48. The van der Waals surface area contributed by atoms with Crippen molar-refractivity contribution in [1.82, 2.24) is 15.0 Å². The van der Waals surface area contributed by atoms with Gasteiger partial charge in [0.05, 0.1) is 6.54 Å². The molecule has 1 fully saturated rings. The van der Waals surface area contributed by atoms with Crippen LogP contribution in [0.4, 0.5) is 0 Å². The molecule has 5 nitrogen and oxygen atoms in total. The van der Waals surface area contributed by atoms with E-state index in [0.29, 0.717) is 30.2 Å². The molecule has 0 saturated carbocycles. The monoisotopic (exact) mass is 381 g/mol. The van der Waals surface area contributed by atoms with Gasteiger partial charge in [0.25, 0.3) is 5.91 Å². The van der Waals surface area contributed by atoms with Gasteiger partial charge in [0, 0.05) is 48.4 Å². The Morgan fingerprint density at radius 1 is 1.00 bits per heavy atom. The Morgan fingerprint density at radius 3 is 2.52 bits per heavy atom. The molecule has 1 aromatic heterocycles. The molecule has 0 radical (unpaired) electrons. The van der Waals surface area contributed by atoms with Gasteiger partial charge in [0.2, 0.25) is 0 Å². The molecule has 2 heterocycles. The van der Waals surface area contributed by atoms with E-state index in [1.165, 1.54) is 0 Å². The van der Waals surface area contributed by atoms with E-state index in [1.54, 1.807) is 24.3 Å². The molecule has 4 rings (SSSR count). The number of nitrogens with zero attached hydrogens (tertiary/aromatic N) is 3. The first-order chi connectivity index (χ1) is 13.2. The molecule has 6 heteroatoms. The standard InChI is InChI=1S/C21H20ClN3O2/c22-18-8-4-7-17(13-18)21(26)25-11-9-24(10-12-25)15-19-14-20(23-27-19)16-5-2-1-3-6-16/h1-8,13-14H,9-12,15H2. The number of carbonyl (C=O) groups is 1. The van der Waals surface area contributed by atoms with E-state index in [-0.39, 0.29) is 5.91 Å². The highest BCUT2D eigenvalue weighted by Gasteiger charge is 2.23. The summed E-state index contributed by atoms with van der Waals surface area (Å²) in [5, 5.41) is 4.75. The van der Waals surface area contributed by atoms with Gasteiger partial charge in [-0.1, -0.05) is 53.2 Å². The number of carbonyl (C=O) groups excluding carboxylic acids is 1. The first kappa shape index (κ1) is 17.8. The molecule has 0 atom stereocenters. The highest BCUT2D eigenvalue weighted by atomic mass is 35.5. The van der Waals surface area contributed by atoms with Gasteiger partial charge in [-0.2, -0.15) is 0 Å². The summed E-state index contributed by atoms with van der Waals surface area (Å²) in [6.45, 7) is 3.66. The summed E-state index contributed by atoms with van der Waals surface area (Å²) in [5.74, 6) is 0.867. The lowest BCUT2D eigenvalue weighted by molar-refractivity contribution is 0.0617. The van der Waals surface area contributed by atoms with Gasteiger partial charge in [-0.05, 0) is 18.2 Å². The maximum Gasteiger partial charge on any atom is 0.253 e. The molecule has 0 N–H and O–H groups in total. The van der Waals surface area contributed by atoms with Crippen LogP contribution in [-0.2, 0) is 6.54 Å². The van der Waals surface area contributed by atoms with Crippen LogP contribution in [0.1, 0.15) is 16.1 Å². The summed E-state index contributed by atoms with van der Waals surface area (Å²) in [6.07, 6.45) is 0. The smallest absolute Gasteiger partial charge is 0.253 e. The SMILES string of the molecule is O=C(c1cccc(Cl)c1)N1CCN(Cc2cc(-c3ccccc3)no2)CC1. The lowest BCUT2D eigenvalue weighted by atomic mass is 10.1. The van der Waals surface area contributed by atoms with Crippen molar-refractivity contribution in [2.75, 3.05) is 26.2 Å². The van der Waals surface area contributed by atoms with Crippen LogP contribution in [0.3, 0.4) is 0 Å². The zero-order chi connectivity index (χ0) is 18.6. The summed E-state index contributed by atoms with van der Waals surface area (Å²) >= 11 is 5.99. The summed E-state index contributed by atoms with van der Waals surface area (Å²) in [7, 11) is 0. The van der Waals surface area contributed by atoms with Crippen molar-refractivity contribution in [2.45, 2.75) is 6.54 Å². The maximum absolute atomic E-state index is 12.6. The highest BCUT2D eigenvalue weighted by Crippen LogP contribution is 2.20. The van der Waals surface area contributed by atoms with E-state index in [1.807, 2.05) is 41.3 Å². The predicted molar refractivity (Wildman–Crippen MR) is 105 cm³/mol. The molecule has 1 aliphatic heterocycles. The van der Waals surface area contributed by atoms with Crippen molar-refractivity contribution in [3.8, 4) is 11.3 Å². The minimum absolute atomic E-state index is 0.0307. The topological polar surface area (TPSA) is 49.6 Å². The van der Waals surface area contributed by atoms with E-state index >= 15 is 0 Å². The number of rotatable bonds is 4. The van der Waals surface area contributed by atoms with Crippen molar-refractivity contribution < 1.29 is 9.32 Å². The number of amides is 1. The van der Waals surface area contributed by atoms with E-state index in [2.05, 4.69) is 10.1 Å². The van der Waals surface area contributed by atoms with Crippen molar-refractivity contribution in [3.63, 3.8) is 0 Å². The van der Waals surface area contributed by atoms with Crippen molar-refractivity contribution in [3.05, 3.63) is 77.0 Å². The predicted octanol–water partition coefficient (Wildman–Crippen LogP) is 3.95. The maximum atomic E-state index is 12.6. The zero-order valence-electron chi connectivity index (χ0n) is 14.8. The average Bonchev–Trinajstić information content (AvgIpc) is 3.17. The quantitative estimate of drug-likeness (QED) is 0.686. The fraction of sp³-hybridized carbons (Fsp3) is 0.238. The zero-order valence-corrected chi connectivity index (χ0v) is 15.6. The fourth-order valence-corrected chi connectivity index (χ4v) is 3.46. The van der Waals surface area contributed by atoms with Gasteiger partial charge >= 0.3 is 0 Å². The molecule has 0 spiro atoms. The molecular formula is C21H20ClN3O2. The van der Waals surface area contributed by atoms with E-state index < -0.39 is 0 Å². The Bertz CT molecular complexity index is 918. The fourth-order valence-electron chi connectivity index (χ4n) is 3.27. The molecule has 3 aromatic rings. The van der Waals surface area contributed by atoms with Crippen LogP contribution in [0.5, 0.6) is 0 Å². The van der Waals surface area contributed by atoms with Crippen LogP contribution in [0, 0.1) is 0 Å². The number of aromatic nitrogens is 1. The van der Waals surface area contributed by atoms with Crippen LogP contribution in [-0.4, -0.2) is 47.0 Å². The Kier molecular flexibility index (Phi) is 5.23. The molecule has 1 amide bonds. The van der Waals surface area contributed by atoms with Gasteiger partial charge in [0.1, 0.15) is 5.69 Å². The number of hydrogen-bond donors (Lipinski definition) is 0. The van der Waals surface area contributed by atoms with Crippen LogP contribution >= 0.6 is 11.6 Å². The number of benzene rings is 2. The number of hydrogen-bond acceptors (Lipinski definition) is 4. The molecule has 1 aliphatic rings. The van der Waals surface area contributed by atoms with Gasteiger partial charge in [-0.3, -0.25) is 9.69 Å². The van der Waals surface area contributed by atoms with Gasteiger partial charge in [-0.15, -0.1) is 0 Å². The van der Waals surface area contributed by atoms with Crippen LogP contribution in [0.15, 0.2) is 65.2 Å². The number of halogens is 1. The van der Waals surface area contributed by atoms with E-state index in [9.17, 15) is 4.79 Å². The van der Waals surface area contributed by atoms with Gasteiger partial charge in [0.15, 0.2) is 5.76 Å². The van der Waals surface area contributed by atoms with Crippen molar-refractivity contribution in [2.24, 2.45) is 0 Å². The van der Waals surface area contributed by atoms with Crippen LogP contribution < -0.4 is 0 Å². The second-order valence-electron chi connectivity index (χ2n) is 6.62. The normalized spacial score (nSPS) is 15.1. The molecule has 1 saturated heterocycles. The average molecular weight is 382 g/mol. The number of piperazine rings is 1. The summed E-state index contributed by atoms with van der Waals surface area (Å²) in [6, 6.07) is 19.1. The largest absolute Gasteiger partial charge is 0.359 e. The molecular weight excluding hydrogens is 362 g/mol. The Hall–Kier alpha value is -2.63. The van der Waals surface area contributed by atoms with Crippen molar-refractivity contribution >= 4 is 17.5 Å². The third-order valence-electron chi connectivity index (χ3n) is 4.74. The van der Waals surface area contributed by atoms with Crippen molar-refractivity contribution in [1.29, 1.82) is 0 Å². The Morgan fingerprint density at radius 2 is 1.78 bits per heavy atom. The molecule has 2 aromatic carbocycles. The molecule has 0 aliphatic carbocycles. The van der Waals surface area contributed by atoms with E-state index in [0.717, 1.165) is 30.1 Å². The highest BCUT2D eigenvalue weighted by molar-refractivity contribution is 6.30. The van der Waals surface area contributed by atoms with Gasteiger partial charge in [-0.25, -0.2) is 0 Å². The summed E-state index contributed by atoms with van der Waals surface area (Å²) < 4.78 is 5.49. The Labute approximate surface area is 163 Å². The third kappa shape index (κ3) is 4.21. The first-order valence-electron chi connectivity index (χ1n) is 8.97. The first-order valence-corrected chi connectivity index (χ1v) is 9.35. The Balaban J connectivity index is 1.33. The molecule has 0 unspecified atom stereocenters. The molecule has 27 heavy (non-hydrogen) atoms. The minimum atomic E-state index is 0.0307. The molecule has 0 bridgehead atoms. The molecule has 138 valence electrons. The van der Waals surface area contributed by atoms with E-state index in [4.69, 9.17) is 16.1 Å². The second kappa shape index (κ2) is 7.94. The van der Waals surface area contributed by atoms with Crippen LogP contribution in [0.25, 0.3) is 11.3 Å². The lowest BCUT2D eigenvalue weighted by Gasteiger charge is -2.34. The summed E-state index contributed by atoms with van der Waals surface area (Å²) in [5.41, 5.74) is 2.53. The minimum Gasteiger partial charge on any atom is -0.359 e. The second-order valence-corrected chi connectivity index (χ2v) is 7.06. The van der Waals surface area contributed by atoms with Gasteiger partial charge < -0.3 is 9.42 Å². The van der Waals surface area contributed by atoms with Crippen LogP contribution in [0.2, 0.25) is 5.02 Å². The summed E-state index contributed by atoms with van der Waals surface area (Å²) in [4.78, 5) is 16.7.